The van der Waals surface area contributed by atoms with Gasteiger partial charge in [0.15, 0.2) is 0 Å². The molecule has 2 aromatic carbocycles. The van der Waals surface area contributed by atoms with Crippen LogP contribution in [0.5, 0.6) is 5.75 Å². The number of rotatable bonds is 3. The number of aromatic nitrogens is 2. The molecule has 27 heavy (non-hydrogen) atoms. The monoisotopic (exact) mass is 365 g/mol. The molecule has 2 heterocycles. The maximum atomic E-state index is 13.9. The van der Waals surface area contributed by atoms with Crippen molar-refractivity contribution >= 4 is 16.9 Å². The summed E-state index contributed by atoms with van der Waals surface area (Å²) in [5.74, 6) is 0.561. The molecule has 5 nitrogen and oxygen atoms in total. The van der Waals surface area contributed by atoms with Crippen molar-refractivity contribution < 1.29 is 13.9 Å². The van der Waals surface area contributed by atoms with E-state index >= 15 is 0 Å². The van der Waals surface area contributed by atoms with E-state index in [-0.39, 0.29) is 11.5 Å². The summed E-state index contributed by atoms with van der Waals surface area (Å²) in [4.78, 5) is 23.1. The highest BCUT2D eigenvalue weighted by atomic mass is 19.1. The highest BCUT2D eigenvalue weighted by molar-refractivity contribution is 6.04. The van der Waals surface area contributed by atoms with Crippen LogP contribution in [0, 0.1) is 5.82 Å². The lowest BCUT2D eigenvalue weighted by molar-refractivity contribution is 0.0714. The Morgan fingerprint density at radius 2 is 1.93 bits per heavy atom. The molecule has 138 valence electrons. The van der Waals surface area contributed by atoms with Crippen LogP contribution in [0.15, 0.2) is 48.8 Å². The molecule has 0 bridgehead atoms. The van der Waals surface area contributed by atoms with Crippen LogP contribution in [-0.2, 0) is 0 Å². The second-order valence-corrected chi connectivity index (χ2v) is 6.72. The Balaban J connectivity index is 1.52. The Kier molecular flexibility index (Phi) is 4.71. The molecule has 0 N–H and O–H groups in total. The van der Waals surface area contributed by atoms with Crippen molar-refractivity contribution in [1.29, 1.82) is 0 Å². The van der Waals surface area contributed by atoms with Crippen molar-refractivity contribution in [2.75, 3.05) is 20.2 Å². The van der Waals surface area contributed by atoms with Crippen molar-refractivity contribution in [3.8, 4) is 5.75 Å². The van der Waals surface area contributed by atoms with Crippen molar-refractivity contribution in [1.82, 2.24) is 14.9 Å². The van der Waals surface area contributed by atoms with E-state index in [2.05, 4.69) is 22.1 Å². The normalized spacial score (nSPS) is 15.1. The van der Waals surface area contributed by atoms with Gasteiger partial charge in [0, 0.05) is 31.5 Å². The average Bonchev–Trinajstić information content (AvgIpc) is 2.72. The van der Waals surface area contributed by atoms with Gasteiger partial charge in [0.05, 0.1) is 18.2 Å². The van der Waals surface area contributed by atoms with Crippen LogP contribution in [0.4, 0.5) is 4.39 Å². The van der Waals surface area contributed by atoms with Crippen LogP contribution in [-0.4, -0.2) is 41.0 Å². The first-order chi connectivity index (χ1) is 13.2. The molecule has 0 atom stereocenters. The molecule has 1 amide bonds. The standard InChI is InChI=1S/C21H20FN3O2/c1-27-17-4-2-3-15(11-17)14-5-9-25(10-6-14)21(26)18-12-16(22)13-19-20(18)24-8-7-23-19/h2-4,7-8,11-14H,5-6,9-10H2,1H3. The molecule has 0 radical (unpaired) electrons. The van der Waals surface area contributed by atoms with Crippen LogP contribution >= 0.6 is 0 Å². The number of benzene rings is 2. The van der Waals surface area contributed by atoms with Crippen LogP contribution in [0.3, 0.4) is 0 Å². The van der Waals surface area contributed by atoms with Gasteiger partial charge >= 0.3 is 0 Å². The number of halogens is 1. The van der Waals surface area contributed by atoms with Crippen LogP contribution in [0.2, 0.25) is 0 Å². The fourth-order valence-electron chi connectivity index (χ4n) is 3.69. The summed E-state index contributed by atoms with van der Waals surface area (Å²) >= 11 is 0. The van der Waals surface area contributed by atoms with Gasteiger partial charge in [0.25, 0.3) is 5.91 Å². The second-order valence-electron chi connectivity index (χ2n) is 6.72. The molecule has 1 saturated heterocycles. The lowest BCUT2D eigenvalue weighted by atomic mass is 9.89. The number of ether oxygens (including phenoxy) is 1. The molecule has 0 saturated carbocycles. The van der Waals surface area contributed by atoms with E-state index in [4.69, 9.17) is 4.74 Å². The molecular weight excluding hydrogens is 345 g/mol. The number of hydrogen-bond acceptors (Lipinski definition) is 4. The van der Waals surface area contributed by atoms with E-state index in [1.807, 2.05) is 12.1 Å². The molecule has 0 aliphatic carbocycles. The Morgan fingerprint density at radius 1 is 1.15 bits per heavy atom. The second kappa shape index (κ2) is 7.31. The first-order valence-electron chi connectivity index (χ1n) is 8.99. The predicted molar refractivity (Wildman–Crippen MR) is 100 cm³/mol. The molecule has 1 aliphatic rings. The van der Waals surface area contributed by atoms with Gasteiger partial charge in [0.1, 0.15) is 17.1 Å². The zero-order chi connectivity index (χ0) is 18.8. The number of likely N-dealkylation sites (tertiary alicyclic amines) is 1. The Bertz CT molecular complexity index is 984. The van der Waals surface area contributed by atoms with Crippen molar-refractivity contribution in [2.24, 2.45) is 0 Å². The molecule has 0 unspecified atom stereocenters. The number of fused-ring (bicyclic) bond motifs is 1. The van der Waals surface area contributed by atoms with Crippen LogP contribution in [0.25, 0.3) is 11.0 Å². The third kappa shape index (κ3) is 3.47. The molecule has 3 aromatic rings. The molecule has 6 heteroatoms. The van der Waals surface area contributed by atoms with Gasteiger partial charge in [-0.05, 0) is 42.5 Å². The van der Waals surface area contributed by atoms with E-state index in [0.29, 0.717) is 30.0 Å². The van der Waals surface area contributed by atoms with Gasteiger partial charge in [-0.25, -0.2) is 4.39 Å². The maximum absolute atomic E-state index is 13.9. The average molecular weight is 365 g/mol. The number of piperidine rings is 1. The number of methoxy groups -OCH3 is 1. The number of amides is 1. The van der Waals surface area contributed by atoms with Crippen LogP contribution in [0.1, 0.15) is 34.7 Å². The van der Waals surface area contributed by atoms with Crippen molar-refractivity contribution in [3.63, 3.8) is 0 Å². The summed E-state index contributed by atoms with van der Waals surface area (Å²) in [5, 5.41) is 0. The van der Waals surface area contributed by atoms with E-state index in [0.717, 1.165) is 18.6 Å². The molecular formula is C21H20FN3O2. The van der Waals surface area contributed by atoms with Gasteiger partial charge < -0.3 is 9.64 Å². The minimum absolute atomic E-state index is 0.191. The van der Waals surface area contributed by atoms with Gasteiger partial charge in [-0.2, -0.15) is 0 Å². The molecule has 4 rings (SSSR count). The number of nitrogens with zero attached hydrogens (tertiary/aromatic N) is 3. The molecule has 0 spiro atoms. The summed E-state index contributed by atoms with van der Waals surface area (Å²) in [6.07, 6.45) is 4.73. The summed E-state index contributed by atoms with van der Waals surface area (Å²) in [7, 11) is 1.66. The topological polar surface area (TPSA) is 55.3 Å². The Hall–Kier alpha value is -3.02. The number of carbonyl (C=O) groups excluding carboxylic acids is 1. The lowest BCUT2D eigenvalue weighted by Gasteiger charge is -2.32. The lowest BCUT2D eigenvalue weighted by Crippen LogP contribution is -2.38. The van der Waals surface area contributed by atoms with Gasteiger partial charge in [-0.3, -0.25) is 14.8 Å². The van der Waals surface area contributed by atoms with E-state index in [9.17, 15) is 9.18 Å². The number of hydrogen-bond donors (Lipinski definition) is 0. The van der Waals surface area contributed by atoms with E-state index in [1.54, 1.807) is 12.0 Å². The first-order valence-corrected chi connectivity index (χ1v) is 8.99. The highest BCUT2D eigenvalue weighted by Gasteiger charge is 2.26. The molecule has 1 aliphatic heterocycles. The summed E-state index contributed by atoms with van der Waals surface area (Å²) in [6.45, 7) is 1.25. The molecule has 1 fully saturated rings. The zero-order valence-corrected chi connectivity index (χ0v) is 15.1. The smallest absolute Gasteiger partial charge is 0.256 e. The Morgan fingerprint density at radius 3 is 2.70 bits per heavy atom. The third-order valence-electron chi connectivity index (χ3n) is 5.12. The summed E-state index contributed by atoms with van der Waals surface area (Å²) in [6, 6.07) is 10.6. The van der Waals surface area contributed by atoms with Gasteiger partial charge in [-0.15, -0.1) is 0 Å². The van der Waals surface area contributed by atoms with Gasteiger partial charge in [-0.1, -0.05) is 12.1 Å². The van der Waals surface area contributed by atoms with Crippen molar-refractivity contribution in [2.45, 2.75) is 18.8 Å². The SMILES string of the molecule is COc1cccc(C2CCN(C(=O)c3cc(F)cc4nccnc34)CC2)c1. The third-order valence-corrected chi connectivity index (χ3v) is 5.12. The minimum atomic E-state index is -0.474. The maximum Gasteiger partial charge on any atom is 0.256 e. The summed E-state index contributed by atoms with van der Waals surface area (Å²) in [5.41, 5.74) is 2.34. The minimum Gasteiger partial charge on any atom is -0.497 e. The fraction of sp³-hybridized carbons (Fsp3) is 0.286. The largest absolute Gasteiger partial charge is 0.497 e. The fourth-order valence-corrected chi connectivity index (χ4v) is 3.69. The van der Waals surface area contributed by atoms with E-state index in [1.165, 1.54) is 30.1 Å². The first kappa shape index (κ1) is 17.4. The predicted octanol–water partition coefficient (Wildman–Crippen LogP) is 3.80. The summed E-state index contributed by atoms with van der Waals surface area (Å²) < 4.78 is 19.2. The molecule has 1 aromatic heterocycles. The van der Waals surface area contributed by atoms with Gasteiger partial charge in [0.2, 0.25) is 0 Å². The zero-order valence-electron chi connectivity index (χ0n) is 15.1. The Labute approximate surface area is 156 Å². The van der Waals surface area contributed by atoms with E-state index < -0.39 is 5.82 Å². The number of carbonyl (C=O) groups is 1. The van der Waals surface area contributed by atoms with Crippen LogP contribution < -0.4 is 4.74 Å². The quantitative estimate of drug-likeness (QED) is 0.708. The highest BCUT2D eigenvalue weighted by Crippen LogP contribution is 2.31. The van der Waals surface area contributed by atoms with Crippen molar-refractivity contribution in [3.05, 3.63) is 65.7 Å².